The second kappa shape index (κ2) is 8.71. The third-order valence-corrected chi connectivity index (χ3v) is 4.39. The van der Waals surface area contributed by atoms with Crippen molar-refractivity contribution in [1.29, 1.82) is 0 Å². The summed E-state index contributed by atoms with van der Waals surface area (Å²) < 4.78 is 4.77. The average Bonchev–Trinajstić information content (AvgIpc) is 2.61. The van der Waals surface area contributed by atoms with Gasteiger partial charge in [0.05, 0.1) is 17.2 Å². The molecule has 1 amide bonds. The van der Waals surface area contributed by atoms with E-state index in [1.165, 1.54) is 7.11 Å². The summed E-state index contributed by atoms with van der Waals surface area (Å²) in [4.78, 5) is 24.2. The number of hydrogen-bond acceptors (Lipinski definition) is 3. The summed E-state index contributed by atoms with van der Waals surface area (Å²) in [5.41, 5.74) is 1.45. The fourth-order valence-corrected chi connectivity index (χ4v) is 2.68. The van der Waals surface area contributed by atoms with E-state index in [0.717, 1.165) is 5.56 Å². The largest absolute Gasteiger partial charge is 0.467 e. The molecular weight excluding hydrogens is 349 g/mol. The molecule has 0 aromatic heterocycles. The van der Waals surface area contributed by atoms with Crippen molar-refractivity contribution in [3.63, 3.8) is 0 Å². The first-order valence-electron chi connectivity index (χ1n) is 7.38. The van der Waals surface area contributed by atoms with Crippen molar-refractivity contribution in [3.05, 3.63) is 69.7 Å². The van der Waals surface area contributed by atoms with Gasteiger partial charge >= 0.3 is 5.97 Å². The van der Waals surface area contributed by atoms with Crippen molar-refractivity contribution >= 4 is 35.1 Å². The Morgan fingerprint density at radius 2 is 1.79 bits per heavy atom. The number of ether oxygens (including phenoxy) is 1. The van der Waals surface area contributed by atoms with Crippen molar-refractivity contribution in [2.45, 2.75) is 18.9 Å². The summed E-state index contributed by atoms with van der Waals surface area (Å²) in [5.74, 6) is -0.791. The zero-order valence-electron chi connectivity index (χ0n) is 13.1. The molecule has 2 rings (SSSR count). The molecule has 0 bridgehead atoms. The Bertz CT molecular complexity index is 719. The van der Waals surface area contributed by atoms with Crippen LogP contribution in [0.2, 0.25) is 10.0 Å². The number of carbonyl (C=O) groups excluding carboxylic acids is 2. The number of amides is 1. The van der Waals surface area contributed by atoms with Crippen molar-refractivity contribution < 1.29 is 14.3 Å². The molecule has 0 aliphatic heterocycles. The van der Waals surface area contributed by atoms with Crippen molar-refractivity contribution in [1.82, 2.24) is 5.32 Å². The van der Waals surface area contributed by atoms with E-state index in [4.69, 9.17) is 27.9 Å². The van der Waals surface area contributed by atoms with Crippen molar-refractivity contribution in [3.8, 4) is 0 Å². The predicted molar refractivity (Wildman–Crippen MR) is 94.1 cm³/mol. The lowest BCUT2D eigenvalue weighted by Crippen LogP contribution is -2.34. The maximum absolute atomic E-state index is 12.2. The number of rotatable bonds is 6. The van der Waals surface area contributed by atoms with Gasteiger partial charge in [0.15, 0.2) is 6.04 Å². The Kier molecular flexibility index (Phi) is 6.64. The molecule has 0 saturated carbocycles. The minimum absolute atomic E-state index is 0.181. The molecule has 0 spiro atoms. The Morgan fingerprint density at radius 3 is 2.46 bits per heavy atom. The van der Waals surface area contributed by atoms with E-state index in [1.54, 1.807) is 36.4 Å². The van der Waals surface area contributed by atoms with Crippen LogP contribution >= 0.6 is 23.2 Å². The average molecular weight is 366 g/mol. The van der Waals surface area contributed by atoms with Gasteiger partial charge in [-0.3, -0.25) is 4.79 Å². The molecule has 2 aromatic carbocycles. The van der Waals surface area contributed by atoms with Gasteiger partial charge < -0.3 is 10.1 Å². The Balaban J connectivity index is 2.03. The zero-order chi connectivity index (χ0) is 17.5. The summed E-state index contributed by atoms with van der Waals surface area (Å²) >= 11 is 12.1. The quantitative estimate of drug-likeness (QED) is 0.788. The summed E-state index contributed by atoms with van der Waals surface area (Å²) in [5, 5.41) is 3.59. The fourth-order valence-electron chi connectivity index (χ4n) is 2.26. The number of halogens is 2. The monoisotopic (exact) mass is 365 g/mol. The molecule has 6 heteroatoms. The molecule has 2 aromatic rings. The molecular formula is C18H17Cl2NO3. The van der Waals surface area contributed by atoms with Crippen LogP contribution in [0, 0.1) is 0 Å². The van der Waals surface area contributed by atoms with Crippen LogP contribution in [0.3, 0.4) is 0 Å². The summed E-state index contributed by atoms with van der Waals surface area (Å²) in [7, 11) is 1.29. The first-order valence-corrected chi connectivity index (χ1v) is 8.13. The molecule has 1 N–H and O–H groups in total. The van der Waals surface area contributed by atoms with Crippen LogP contribution in [-0.2, 0) is 20.7 Å². The summed E-state index contributed by atoms with van der Waals surface area (Å²) in [6.07, 6.45) is 0.605. The van der Waals surface area contributed by atoms with Crippen LogP contribution in [0.1, 0.15) is 23.6 Å². The maximum atomic E-state index is 12.2. The van der Waals surface area contributed by atoms with Gasteiger partial charge in [0.25, 0.3) is 0 Å². The standard InChI is InChI=1S/C18H17Cl2NO3/c1-24-18(23)17(13-6-3-2-4-7-13)21-15(22)11-10-12-8-5-9-14(19)16(12)20/h2-9,17H,10-11H2,1H3,(H,21,22). The SMILES string of the molecule is COC(=O)C(NC(=O)CCc1cccc(Cl)c1Cl)c1ccccc1. The third-order valence-electron chi connectivity index (χ3n) is 3.53. The molecule has 126 valence electrons. The lowest BCUT2D eigenvalue weighted by Gasteiger charge is -2.17. The van der Waals surface area contributed by atoms with Crippen LogP contribution in [0.25, 0.3) is 0 Å². The number of methoxy groups -OCH3 is 1. The van der Waals surface area contributed by atoms with Crippen molar-refractivity contribution in [2.24, 2.45) is 0 Å². The van der Waals surface area contributed by atoms with Gasteiger partial charge in [-0.15, -0.1) is 0 Å². The molecule has 24 heavy (non-hydrogen) atoms. The van der Waals surface area contributed by atoms with E-state index in [2.05, 4.69) is 5.32 Å². The number of carbonyl (C=O) groups is 2. The Labute approximate surface area is 150 Å². The highest BCUT2D eigenvalue weighted by Gasteiger charge is 2.23. The second-order valence-electron chi connectivity index (χ2n) is 5.15. The third kappa shape index (κ3) is 4.73. The van der Waals surface area contributed by atoms with Gasteiger partial charge in [-0.1, -0.05) is 65.7 Å². The minimum atomic E-state index is -0.835. The van der Waals surface area contributed by atoms with Gasteiger partial charge in [-0.2, -0.15) is 0 Å². The van der Waals surface area contributed by atoms with Gasteiger partial charge in [0.2, 0.25) is 5.91 Å². The molecule has 0 aliphatic rings. The van der Waals surface area contributed by atoms with Gasteiger partial charge in [0, 0.05) is 6.42 Å². The lowest BCUT2D eigenvalue weighted by atomic mass is 10.1. The smallest absolute Gasteiger partial charge is 0.333 e. The normalized spacial score (nSPS) is 11.6. The number of hydrogen-bond donors (Lipinski definition) is 1. The van der Waals surface area contributed by atoms with E-state index < -0.39 is 12.0 Å². The van der Waals surface area contributed by atoms with Crippen molar-refractivity contribution in [2.75, 3.05) is 7.11 Å². The molecule has 4 nitrogen and oxygen atoms in total. The number of nitrogens with one attached hydrogen (secondary N) is 1. The summed E-state index contributed by atoms with van der Waals surface area (Å²) in [6.45, 7) is 0. The molecule has 0 radical (unpaired) electrons. The lowest BCUT2D eigenvalue weighted by molar-refractivity contribution is -0.145. The highest BCUT2D eigenvalue weighted by atomic mass is 35.5. The predicted octanol–water partition coefficient (Wildman–Crippen LogP) is 3.96. The van der Waals surface area contributed by atoms with E-state index in [1.807, 2.05) is 12.1 Å². The second-order valence-corrected chi connectivity index (χ2v) is 5.93. The molecule has 0 aliphatic carbocycles. The summed E-state index contributed by atoms with van der Waals surface area (Å²) in [6, 6.07) is 13.4. The van der Waals surface area contributed by atoms with E-state index in [-0.39, 0.29) is 12.3 Å². The Morgan fingerprint density at radius 1 is 1.08 bits per heavy atom. The maximum Gasteiger partial charge on any atom is 0.333 e. The Hall–Kier alpha value is -2.04. The van der Waals surface area contributed by atoms with Gasteiger partial charge in [-0.25, -0.2) is 4.79 Å². The van der Waals surface area contributed by atoms with Crippen LogP contribution in [-0.4, -0.2) is 19.0 Å². The number of aryl methyl sites for hydroxylation is 1. The molecule has 0 heterocycles. The van der Waals surface area contributed by atoms with E-state index >= 15 is 0 Å². The molecule has 1 unspecified atom stereocenters. The molecule has 1 atom stereocenters. The van der Waals surface area contributed by atoms with Crippen LogP contribution < -0.4 is 5.32 Å². The highest BCUT2D eigenvalue weighted by Crippen LogP contribution is 2.26. The van der Waals surface area contributed by atoms with Crippen LogP contribution in [0.15, 0.2) is 48.5 Å². The number of esters is 1. The van der Waals surface area contributed by atoms with E-state index in [9.17, 15) is 9.59 Å². The molecule has 0 saturated heterocycles. The first kappa shape index (κ1) is 18.3. The molecule has 0 fully saturated rings. The topological polar surface area (TPSA) is 55.4 Å². The van der Waals surface area contributed by atoms with E-state index in [0.29, 0.717) is 22.0 Å². The zero-order valence-corrected chi connectivity index (χ0v) is 14.6. The van der Waals surface area contributed by atoms with Gasteiger partial charge in [-0.05, 0) is 23.6 Å². The minimum Gasteiger partial charge on any atom is -0.467 e. The van der Waals surface area contributed by atoms with Crippen LogP contribution in [0.5, 0.6) is 0 Å². The van der Waals surface area contributed by atoms with Gasteiger partial charge in [0.1, 0.15) is 0 Å². The fraction of sp³-hybridized carbons (Fsp3) is 0.222. The van der Waals surface area contributed by atoms with Crippen LogP contribution in [0.4, 0.5) is 0 Å². The number of benzene rings is 2. The highest BCUT2D eigenvalue weighted by molar-refractivity contribution is 6.42. The first-order chi connectivity index (χ1) is 11.5.